The molecule has 72 valence electrons. The summed E-state index contributed by atoms with van der Waals surface area (Å²) in [5.74, 6) is -0.531. The highest BCUT2D eigenvalue weighted by Gasteiger charge is 2.19. The van der Waals surface area contributed by atoms with Gasteiger partial charge in [-0.2, -0.15) is 0 Å². The van der Waals surface area contributed by atoms with Crippen LogP contribution in [0.1, 0.15) is 0 Å². The van der Waals surface area contributed by atoms with Gasteiger partial charge >= 0.3 is 7.12 Å². The van der Waals surface area contributed by atoms with Gasteiger partial charge < -0.3 is 10.0 Å². The molecule has 1 heterocycles. The van der Waals surface area contributed by atoms with Crippen LogP contribution in [0.25, 0.3) is 10.1 Å². The number of rotatable bonds is 1. The van der Waals surface area contributed by atoms with Gasteiger partial charge in [0.05, 0.1) is 0 Å². The first-order chi connectivity index (χ1) is 6.59. The highest BCUT2D eigenvalue weighted by Crippen LogP contribution is 2.26. The molecule has 0 saturated carbocycles. The van der Waals surface area contributed by atoms with E-state index in [-0.39, 0.29) is 10.8 Å². The highest BCUT2D eigenvalue weighted by atomic mass is 35.5. The summed E-state index contributed by atoms with van der Waals surface area (Å²) in [6.45, 7) is 0. The van der Waals surface area contributed by atoms with Crippen molar-refractivity contribution in [3.63, 3.8) is 0 Å². The number of thiophene rings is 1. The molecule has 1 aromatic heterocycles. The molecule has 0 unspecified atom stereocenters. The van der Waals surface area contributed by atoms with E-state index in [0.29, 0.717) is 9.72 Å². The summed E-state index contributed by atoms with van der Waals surface area (Å²) < 4.78 is 14.0. The van der Waals surface area contributed by atoms with Crippen molar-refractivity contribution in [3.8, 4) is 0 Å². The predicted molar refractivity (Wildman–Crippen MR) is 56.6 cm³/mol. The molecular weight excluding hydrogens is 225 g/mol. The Bertz CT molecular complexity index is 485. The lowest BCUT2D eigenvalue weighted by molar-refractivity contribution is 0.426. The third-order valence-corrected chi connectivity index (χ3v) is 3.06. The molecule has 0 spiro atoms. The minimum absolute atomic E-state index is 0.180. The van der Waals surface area contributed by atoms with Crippen LogP contribution >= 0.6 is 22.9 Å². The van der Waals surface area contributed by atoms with E-state index in [1.807, 2.05) is 0 Å². The zero-order chi connectivity index (χ0) is 10.3. The molecule has 2 N–H and O–H groups in total. The second-order valence-corrected chi connectivity index (χ2v) is 4.17. The van der Waals surface area contributed by atoms with E-state index in [9.17, 15) is 4.39 Å². The summed E-state index contributed by atoms with van der Waals surface area (Å²) in [5.41, 5.74) is 0.180. The maximum Gasteiger partial charge on any atom is 0.490 e. The van der Waals surface area contributed by atoms with Gasteiger partial charge in [0.25, 0.3) is 0 Å². The third-order valence-electron chi connectivity index (χ3n) is 1.90. The molecule has 0 amide bonds. The molecule has 1 aromatic carbocycles. The fourth-order valence-electron chi connectivity index (χ4n) is 1.30. The summed E-state index contributed by atoms with van der Waals surface area (Å²) >= 11 is 6.88. The average molecular weight is 230 g/mol. The third kappa shape index (κ3) is 1.52. The van der Waals surface area contributed by atoms with Gasteiger partial charge in [-0.1, -0.05) is 11.6 Å². The van der Waals surface area contributed by atoms with Crippen molar-refractivity contribution in [2.75, 3.05) is 0 Å². The summed E-state index contributed by atoms with van der Waals surface area (Å²) in [7, 11) is -1.65. The van der Waals surface area contributed by atoms with Gasteiger partial charge in [0.1, 0.15) is 5.82 Å². The molecule has 0 atom stereocenters. The van der Waals surface area contributed by atoms with E-state index >= 15 is 0 Å². The fourth-order valence-corrected chi connectivity index (χ4v) is 2.59. The molecule has 0 radical (unpaired) electrons. The normalized spacial score (nSPS) is 10.9. The summed E-state index contributed by atoms with van der Waals surface area (Å²) in [5, 5.41) is 20.0. The van der Waals surface area contributed by atoms with Crippen LogP contribution in [0.4, 0.5) is 4.39 Å². The van der Waals surface area contributed by atoms with Crippen molar-refractivity contribution in [3.05, 3.63) is 28.4 Å². The number of hydrogen-bond acceptors (Lipinski definition) is 3. The van der Waals surface area contributed by atoms with Gasteiger partial charge in [0.15, 0.2) is 0 Å². The van der Waals surface area contributed by atoms with Crippen LogP contribution in [0.15, 0.2) is 17.5 Å². The monoisotopic (exact) mass is 230 g/mol. The fraction of sp³-hybridized carbons (Fsp3) is 0. The maximum atomic E-state index is 13.4. The number of benzene rings is 1. The molecule has 0 saturated heterocycles. The quantitative estimate of drug-likeness (QED) is 0.727. The number of halogens is 2. The largest absolute Gasteiger partial charge is 0.490 e. The molecule has 0 aliphatic carbocycles. The van der Waals surface area contributed by atoms with E-state index < -0.39 is 12.9 Å². The first-order valence-corrected chi connectivity index (χ1v) is 5.07. The van der Waals surface area contributed by atoms with Crippen LogP contribution < -0.4 is 5.46 Å². The zero-order valence-corrected chi connectivity index (χ0v) is 8.44. The first kappa shape index (κ1) is 9.92. The molecule has 0 fully saturated rings. The minimum atomic E-state index is -1.65. The van der Waals surface area contributed by atoms with E-state index in [1.54, 1.807) is 6.07 Å². The van der Waals surface area contributed by atoms with Gasteiger partial charge in [-0.25, -0.2) is 4.39 Å². The van der Waals surface area contributed by atoms with Crippen molar-refractivity contribution in [1.82, 2.24) is 0 Å². The van der Waals surface area contributed by atoms with Gasteiger partial charge in [-0.15, -0.1) is 11.3 Å². The predicted octanol–water partition coefficient (Wildman–Crippen LogP) is 1.37. The van der Waals surface area contributed by atoms with Crippen molar-refractivity contribution in [2.45, 2.75) is 0 Å². The van der Waals surface area contributed by atoms with Crippen LogP contribution in [0, 0.1) is 5.82 Å². The molecule has 0 bridgehead atoms. The number of fused-ring (bicyclic) bond motifs is 1. The summed E-state index contributed by atoms with van der Waals surface area (Å²) in [6, 6.07) is 2.75. The Morgan fingerprint density at radius 1 is 1.36 bits per heavy atom. The van der Waals surface area contributed by atoms with Crippen LogP contribution in [0.3, 0.4) is 0 Å². The van der Waals surface area contributed by atoms with Crippen molar-refractivity contribution < 1.29 is 14.4 Å². The topological polar surface area (TPSA) is 40.5 Å². The molecule has 14 heavy (non-hydrogen) atoms. The summed E-state index contributed by atoms with van der Waals surface area (Å²) in [6.07, 6.45) is 0. The lowest BCUT2D eigenvalue weighted by Crippen LogP contribution is -2.29. The second-order valence-electron chi connectivity index (χ2n) is 2.83. The molecule has 2 nitrogen and oxygen atoms in total. The highest BCUT2D eigenvalue weighted by molar-refractivity contribution is 7.18. The first-order valence-electron chi connectivity index (χ1n) is 3.82. The summed E-state index contributed by atoms with van der Waals surface area (Å²) in [4.78, 5) is 0. The van der Waals surface area contributed by atoms with Crippen LogP contribution in [0.5, 0.6) is 0 Å². The lowest BCUT2D eigenvalue weighted by Gasteiger charge is -1.98. The Hall–Kier alpha value is -0.615. The molecule has 0 aliphatic heterocycles. The smallest absolute Gasteiger partial charge is 0.423 e. The van der Waals surface area contributed by atoms with Gasteiger partial charge in [0.2, 0.25) is 0 Å². The second kappa shape index (κ2) is 3.51. The maximum absolute atomic E-state index is 13.4. The van der Waals surface area contributed by atoms with E-state index in [4.69, 9.17) is 21.6 Å². The van der Waals surface area contributed by atoms with Crippen molar-refractivity contribution in [2.24, 2.45) is 0 Å². The van der Waals surface area contributed by atoms with Gasteiger partial charge in [-0.3, -0.25) is 0 Å². The Kier molecular flexibility index (Phi) is 2.49. The molecule has 2 aromatic rings. The SMILES string of the molecule is OB(O)c1csc2cc(Cl)cc(F)c12. The van der Waals surface area contributed by atoms with E-state index in [0.717, 1.165) is 6.07 Å². The van der Waals surface area contributed by atoms with Crippen molar-refractivity contribution >= 4 is 45.6 Å². The molecule has 0 aliphatic rings. The van der Waals surface area contributed by atoms with Gasteiger partial charge in [0, 0.05) is 20.6 Å². The van der Waals surface area contributed by atoms with Crippen LogP contribution in [-0.2, 0) is 0 Å². The van der Waals surface area contributed by atoms with Crippen LogP contribution in [0.2, 0.25) is 5.02 Å². The number of hydrogen-bond donors (Lipinski definition) is 2. The van der Waals surface area contributed by atoms with E-state index in [1.165, 1.54) is 16.7 Å². The van der Waals surface area contributed by atoms with E-state index in [2.05, 4.69) is 0 Å². The zero-order valence-electron chi connectivity index (χ0n) is 6.87. The Balaban J connectivity index is 2.79. The molecule has 6 heteroatoms. The Morgan fingerprint density at radius 2 is 2.07 bits per heavy atom. The Labute approximate surface area is 88.7 Å². The van der Waals surface area contributed by atoms with Gasteiger partial charge in [-0.05, 0) is 17.5 Å². The van der Waals surface area contributed by atoms with Crippen LogP contribution in [-0.4, -0.2) is 17.2 Å². The molecule has 2 rings (SSSR count). The average Bonchev–Trinajstić information content (AvgIpc) is 2.47. The lowest BCUT2D eigenvalue weighted by atomic mass is 9.80. The van der Waals surface area contributed by atoms with Crippen molar-refractivity contribution in [1.29, 1.82) is 0 Å². The Morgan fingerprint density at radius 3 is 2.71 bits per heavy atom. The minimum Gasteiger partial charge on any atom is -0.423 e. The standard InChI is InChI=1S/C8H5BClFO2S/c10-4-1-6(11)8-5(9(12)13)3-14-7(8)2-4/h1-3,12-13H. The molecular formula is C8H5BClFO2S.